The molecule has 0 aromatic heterocycles. The third kappa shape index (κ3) is 4.09. The van der Waals surface area contributed by atoms with Gasteiger partial charge in [-0.3, -0.25) is 5.41 Å². The van der Waals surface area contributed by atoms with E-state index in [9.17, 15) is 8.42 Å². The molecule has 0 saturated carbocycles. The first-order chi connectivity index (χ1) is 7.95. The summed E-state index contributed by atoms with van der Waals surface area (Å²) < 4.78 is 23.7. The van der Waals surface area contributed by atoms with E-state index < -0.39 is 9.84 Å². The number of sulfone groups is 1. The molecule has 0 fully saturated rings. The maximum absolute atomic E-state index is 11.8. The average molecular weight is 269 g/mol. The highest BCUT2D eigenvalue weighted by Gasteiger charge is 2.14. The Morgan fingerprint density at radius 3 is 2.82 bits per heavy atom. The fourth-order valence-corrected chi connectivity index (χ4v) is 3.40. The Bertz CT molecular complexity index is 561. The summed E-state index contributed by atoms with van der Waals surface area (Å²) in [7, 11) is -3.41. The molecule has 0 aliphatic carbocycles. The van der Waals surface area contributed by atoms with E-state index in [1.807, 2.05) is 6.07 Å². The van der Waals surface area contributed by atoms with Gasteiger partial charge in [0.25, 0.3) is 0 Å². The highest BCUT2D eigenvalue weighted by atomic mass is 32.2. The molecule has 1 aromatic carbocycles. The van der Waals surface area contributed by atoms with Crippen LogP contribution in [-0.2, 0) is 9.84 Å². The molecule has 0 aliphatic rings. The number of thioether (sulfide) groups is 1. The second-order valence-electron chi connectivity index (χ2n) is 3.17. The molecule has 1 aromatic rings. The van der Waals surface area contributed by atoms with E-state index in [1.54, 1.807) is 6.07 Å². The van der Waals surface area contributed by atoms with E-state index >= 15 is 0 Å². The molecule has 0 aliphatic heterocycles. The van der Waals surface area contributed by atoms with Gasteiger partial charge >= 0.3 is 0 Å². The smallest absolute Gasteiger partial charge is 0.179 e. The van der Waals surface area contributed by atoms with Crippen molar-refractivity contribution in [3.05, 3.63) is 29.8 Å². The van der Waals surface area contributed by atoms with E-state index in [0.29, 0.717) is 5.56 Å². The Morgan fingerprint density at radius 1 is 1.53 bits per heavy atom. The molecule has 3 N–H and O–H groups in total. The normalized spacial score (nSPS) is 10.8. The van der Waals surface area contributed by atoms with Crippen LogP contribution in [0.2, 0.25) is 0 Å². The molecule has 0 amide bonds. The molecule has 5 nitrogen and oxygen atoms in total. The molecular formula is C10H11N3O2S2. The summed E-state index contributed by atoms with van der Waals surface area (Å²) in [5.41, 5.74) is 5.42. The van der Waals surface area contributed by atoms with Gasteiger partial charge in [0.1, 0.15) is 0 Å². The Balaban J connectivity index is 2.83. The summed E-state index contributed by atoms with van der Waals surface area (Å²) in [6, 6.07) is 7.76. The van der Waals surface area contributed by atoms with Crippen molar-refractivity contribution in [2.45, 2.75) is 4.90 Å². The minimum absolute atomic E-state index is 0.105. The number of amidine groups is 1. The Hall–Kier alpha value is -1.52. The fourth-order valence-electron chi connectivity index (χ4n) is 1.14. The summed E-state index contributed by atoms with van der Waals surface area (Å²) in [5.74, 6) is 0.126. The van der Waals surface area contributed by atoms with Crippen LogP contribution in [0, 0.1) is 16.7 Å². The van der Waals surface area contributed by atoms with Crippen LogP contribution in [0.1, 0.15) is 5.56 Å². The SMILES string of the molecule is N#Cc1cccc(S(=O)(=O)CCSC(=N)N)c1. The van der Waals surface area contributed by atoms with Crippen molar-refractivity contribution >= 4 is 26.8 Å². The molecule has 0 radical (unpaired) electrons. The maximum Gasteiger partial charge on any atom is 0.179 e. The molecule has 90 valence electrons. The number of nitrogens with one attached hydrogen (secondary N) is 1. The van der Waals surface area contributed by atoms with E-state index in [2.05, 4.69) is 0 Å². The van der Waals surface area contributed by atoms with Crippen molar-refractivity contribution in [3.63, 3.8) is 0 Å². The van der Waals surface area contributed by atoms with Crippen molar-refractivity contribution in [2.75, 3.05) is 11.5 Å². The number of benzene rings is 1. The highest BCUT2D eigenvalue weighted by Crippen LogP contribution is 2.14. The Kier molecular flexibility index (Phi) is 4.54. The third-order valence-corrected chi connectivity index (χ3v) is 4.62. The van der Waals surface area contributed by atoms with Crippen LogP contribution in [0.25, 0.3) is 0 Å². The molecule has 17 heavy (non-hydrogen) atoms. The second-order valence-corrected chi connectivity index (χ2v) is 6.42. The Labute approximate surface area is 104 Å². The van der Waals surface area contributed by atoms with Gasteiger partial charge in [0.05, 0.1) is 22.3 Å². The summed E-state index contributed by atoms with van der Waals surface area (Å²) in [6.45, 7) is 0. The molecule has 1 rings (SSSR count). The lowest BCUT2D eigenvalue weighted by Crippen LogP contribution is -2.12. The van der Waals surface area contributed by atoms with Gasteiger partial charge in [0.2, 0.25) is 0 Å². The van der Waals surface area contributed by atoms with Crippen molar-refractivity contribution in [3.8, 4) is 6.07 Å². The monoisotopic (exact) mass is 269 g/mol. The van der Waals surface area contributed by atoms with Crippen LogP contribution in [0.15, 0.2) is 29.2 Å². The standard InChI is InChI=1S/C10H11N3O2S2/c11-7-8-2-1-3-9(6-8)17(14,15)5-4-16-10(12)13/h1-3,6H,4-5H2,(H3,12,13). The quantitative estimate of drug-likeness (QED) is 0.625. The van der Waals surface area contributed by atoms with Crippen LogP contribution >= 0.6 is 11.8 Å². The second kappa shape index (κ2) is 5.70. The minimum atomic E-state index is -3.41. The number of hydrogen-bond donors (Lipinski definition) is 2. The van der Waals surface area contributed by atoms with Crippen LogP contribution in [0.4, 0.5) is 0 Å². The fraction of sp³-hybridized carbons (Fsp3) is 0.200. The molecule has 0 bridgehead atoms. The molecule has 0 atom stereocenters. The lowest BCUT2D eigenvalue weighted by Gasteiger charge is -2.03. The van der Waals surface area contributed by atoms with Crippen molar-refractivity contribution in [1.29, 1.82) is 10.7 Å². The van der Waals surface area contributed by atoms with Crippen molar-refractivity contribution < 1.29 is 8.42 Å². The van der Waals surface area contributed by atoms with Gasteiger partial charge in [-0.2, -0.15) is 5.26 Å². The first-order valence-corrected chi connectivity index (χ1v) is 7.29. The predicted molar refractivity (Wildman–Crippen MR) is 67.6 cm³/mol. The maximum atomic E-state index is 11.8. The number of hydrogen-bond acceptors (Lipinski definition) is 5. The number of nitriles is 1. The van der Waals surface area contributed by atoms with Crippen LogP contribution in [0.5, 0.6) is 0 Å². The van der Waals surface area contributed by atoms with Crippen LogP contribution in [-0.4, -0.2) is 25.1 Å². The van der Waals surface area contributed by atoms with E-state index in [1.165, 1.54) is 18.2 Å². The molecule has 0 heterocycles. The van der Waals surface area contributed by atoms with Gasteiger partial charge in [0.15, 0.2) is 15.0 Å². The van der Waals surface area contributed by atoms with E-state index in [4.69, 9.17) is 16.4 Å². The number of rotatable bonds is 4. The first kappa shape index (κ1) is 13.5. The molecule has 0 saturated heterocycles. The zero-order chi connectivity index (χ0) is 12.9. The van der Waals surface area contributed by atoms with Gasteiger partial charge in [-0.25, -0.2) is 8.42 Å². The minimum Gasteiger partial charge on any atom is -0.379 e. The molecule has 0 unspecified atom stereocenters. The predicted octanol–water partition coefficient (Wildman–Crippen LogP) is 0.959. The molecule has 0 spiro atoms. The first-order valence-electron chi connectivity index (χ1n) is 4.65. The van der Waals surface area contributed by atoms with Gasteiger partial charge in [-0.15, -0.1) is 0 Å². The van der Waals surface area contributed by atoms with Gasteiger partial charge in [-0.1, -0.05) is 17.8 Å². The van der Waals surface area contributed by atoms with Gasteiger partial charge in [-0.05, 0) is 18.2 Å². The van der Waals surface area contributed by atoms with E-state index in [-0.39, 0.29) is 21.6 Å². The van der Waals surface area contributed by atoms with Gasteiger partial charge in [0, 0.05) is 5.75 Å². The average Bonchev–Trinajstić information content (AvgIpc) is 2.28. The lowest BCUT2D eigenvalue weighted by atomic mass is 10.2. The van der Waals surface area contributed by atoms with Crippen molar-refractivity contribution in [2.24, 2.45) is 5.73 Å². The summed E-state index contributed by atoms with van der Waals surface area (Å²) in [6.07, 6.45) is 0. The van der Waals surface area contributed by atoms with Crippen LogP contribution in [0.3, 0.4) is 0 Å². The zero-order valence-electron chi connectivity index (χ0n) is 8.88. The van der Waals surface area contributed by atoms with E-state index in [0.717, 1.165) is 11.8 Å². The number of nitrogens with two attached hydrogens (primary N) is 1. The largest absolute Gasteiger partial charge is 0.379 e. The van der Waals surface area contributed by atoms with Crippen molar-refractivity contribution in [1.82, 2.24) is 0 Å². The zero-order valence-corrected chi connectivity index (χ0v) is 10.5. The lowest BCUT2D eigenvalue weighted by molar-refractivity contribution is 0.597. The highest BCUT2D eigenvalue weighted by molar-refractivity contribution is 8.14. The topological polar surface area (TPSA) is 108 Å². The third-order valence-electron chi connectivity index (χ3n) is 1.93. The number of nitrogens with zero attached hydrogens (tertiary/aromatic N) is 1. The molecule has 7 heteroatoms. The Morgan fingerprint density at radius 2 is 2.24 bits per heavy atom. The summed E-state index contributed by atoms with van der Waals surface area (Å²) >= 11 is 0.980. The molecular weight excluding hydrogens is 258 g/mol. The summed E-state index contributed by atoms with van der Waals surface area (Å²) in [5, 5.41) is 15.6. The van der Waals surface area contributed by atoms with Crippen LogP contribution < -0.4 is 5.73 Å². The summed E-state index contributed by atoms with van der Waals surface area (Å²) in [4.78, 5) is 0.126. The van der Waals surface area contributed by atoms with Gasteiger partial charge < -0.3 is 5.73 Å².